The highest BCUT2D eigenvalue weighted by Crippen LogP contribution is 2.34. The summed E-state index contributed by atoms with van der Waals surface area (Å²) in [7, 11) is 0. The summed E-state index contributed by atoms with van der Waals surface area (Å²) >= 11 is 2.18. The van der Waals surface area contributed by atoms with Crippen LogP contribution in [-0.4, -0.2) is 37.8 Å². The summed E-state index contributed by atoms with van der Waals surface area (Å²) in [5.41, 5.74) is 4.13. The van der Waals surface area contributed by atoms with Crippen LogP contribution >= 0.6 is 22.6 Å². The van der Waals surface area contributed by atoms with Crippen molar-refractivity contribution in [1.29, 1.82) is 0 Å². The Kier molecular flexibility index (Phi) is 7.67. The largest absolute Gasteiger partial charge is 0.490 e. The zero-order valence-corrected chi connectivity index (χ0v) is 19.1. The molecule has 158 valence electrons. The van der Waals surface area contributed by atoms with Gasteiger partial charge in [-0.25, -0.2) is 5.43 Å². The molecule has 2 aromatic carbocycles. The van der Waals surface area contributed by atoms with Crippen LogP contribution in [0.25, 0.3) is 0 Å². The third-order valence-corrected chi connectivity index (χ3v) is 5.37. The third-order valence-electron chi connectivity index (χ3n) is 4.57. The van der Waals surface area contributed by atoms with E-state index in [0.29, 0.717) is 31.3 Å². The molecule has 0 spiro atoms. The maximum atomic E-state index is 12.5. The van der Waals surface area contributed by atoms with E-state index in [1.165, 1.54) is 0 Å². The Bertz CT molecular complexity index is 933. The number of amides is 2. The number of para-hydroxylation sites is 1. The monoisotopic (exact) mass is 521 g/mol. The summed E-state index contributed by atoms with van der Waals surface area (Å²) in [5.74, 6) is 0.566. The van der Waals surface area contributed by atoms with E-state index in [0.717, 1.165) is 14.8 Å². The van der Waals surface area contributed by atoms with Crippen molar-refractivity contribution >= 4 is 46.3 Å². The van der Waals surface area contributed by atoms with Crippen LogP contribution in [0.15, 0.2) is 47.6 Å². The SMILES string of the molecule is CCOc1cc(/C=N\NC(=O)[C@H]2CC(=O)N(c3ccccc3)C2)cc(I)c1OCC. The number of halogens is 1. The Balaban J connectivity index is 1.64. The number of hydrogen-bond donors (Lipinski definition) is 1. The Labute approximate surface area is 189 Å². The lowest BCUT2D eigenvalue weighted by molar-refractivity contribution is -0.126. The molecular formula is C22H24IN3O4. The van der Waals surface area contributed by atoms with Crippen LogP contribution in [0.2, 0.25) is 0 Å². The number of anilines is 1. The molecule has 30 heavy (non-hydrogen) atoms. The number of nitrogens with zero attached hydrogens (tertiary/aromatic N) is 2. The summed E-state index contributed by atoms with van der Waals surface area (Å²) in [5, 5.41) is 4.07. The highest BCUT2D eigenvalue weighted by Gasteiger charge is 2.35. The molecule has 1 N–H and O–H groups in total. The Morgan fingerprint density at radius 2 is 1.97 bits per heavy atom. The molecule has 7 nitrogen and oxygen atoms in total. The lowest BCUT2D eigenvalue weighted by Crippen LogP contribution is -2.30. The number of carbonyl (C=O) groups is 2. The number of rotatable bonds is 8. The van der Waals surface area contributed by atoms with E-state index in [4.69, 9.17) is 9.47 Å². The highest BCUT2D eigenvalue weighted by molar-refractivity contribution is 14.1. The molecule has 1 fully saturated rings. The van der Waals surface area contributed by atoms with Gasteiger partial charge in [0.2, 0.25) is 11.8 Å². The average Bonchev–Trinajstić information content (AvgIpc) is 3.13. The fourth-order valence-electron chi connectivity index (χ4n) is 3.21. The van der Waals surface area contributed by atoms with E-state index >= 15 is 0 Å². The van der Waals surface area contributed by atoms with Gasteiger partial charge in [-0.2, -0.15) is 5.10 Å². The minimum atomic E-state index is -0.436. The molecule has 1 saturated heterocycles. The molecule has 8 heteroatoms. The molecule has 0 unspecified atom stereocenters. The van der Waals surface area contributed by atoms with Gasteiger partial charge in [-0.1, -0.05) is 18.2 Å². The van der Waals surface area contributed by atoms with Crippen LogP contribution in [-0.2, 0) is 9.59 Å². The number of hydrazone groups is 1. The van der Waals surface area contributed by atoms with Gasteiger partial charge in [0.15, 0.2) is 11.5 Å². The van der Waals surface area contributed by atoms with Gasteiger partial charge in [0.05, 0.1) is 28.9 Å². The smallest absolute Gasteiger partial charge is 0.245 e. The van der Waals surface area contributed by atoms with E-state index in [2.05, 4.69) is 33.1 Å². The lowest BCUT2D eigenvalue weighted by atomic mass is 10.1. The van der Waals surface area contributed by atoms with Crippen molar-refractivity contribution in [2.45, 2.75) is 20.3 Å². The summed E-state index contributed by atoms with van der Waals surface area (Å²) in [6.45, 7) is 5.23. The fourth-order valence-corrected chi connectivity index (χ4v) is 3.99. The van der Waals surface area contributed by atoms with Crippen molar-refractivity contribution in [1.82, 2.24) is 5.43 Å². The van der Waals surface area contributed by atoms with Crippen LogP contribution in [0.3, 0.4) is 0 Å². The molecule has 0 saturated carbocycles. The van der Waals surface area contributed by atoms with Crippen molar-refractivity contribution in [3.8, 4) is 11.5 Å². The second-order valence-corrected chi connectivity index (χ2v) is 7.83. The van der Waals surface area contributed by atoms with Crippen molar-refractivity contribution < 1.29 is 19.1 Å². The number of hydrogen-bond acceptors (Lipinski definition) is 5. The number of carbonyl (C=O) groups excluding carboxylic acids is 2. The van der Waals surface area contributed by atoms with E-state index in [-0.39, 0.29) is 18.2 Å². The van der Waals surface area contributed by atoms with Gasteiger partial charge in [0, 0.05) is 18.7 Å². The van der Waals surface area contributed by atoms with Crippen molar-refractivity contribution in [3.63, 3.8) is 0 Å². The minimum Gasteiger partial charge on any atom is -0.490 e. The first-order valence-corrected chi connectivity index (χ1v) is 10.9. The normalized spacial score (nSPS) is 16.2. The maximum Gasteiger partial charge on any atom is 0.245 e. The quantitative estimate of drug-likeness (QED) is 0.327. The van der Waals surface area contributed by atoms with E-state index in [1.54, 1.807) is 11.1 Å². The molecule has 0 bridgehead atoms. The molecule has 2 amide bonds. The first-order chi connectivity index (χ1) is 14.5. The molecule has 0 radical (unpaired) electrons. The average molecular weight is 521 g/mol. The summed E-state index contributed by atoms with van der Waals surface area (Å²) in [4.78, 5) is 26.4. The second-order valence-electron chi connectivity index (χ2n) is 6.67. The van der Waals surface area contributed by atoms with E-state index < -0.39 is 5.92 Å². The van der Waals surface area contributed by atoms with E-state index in [1.807, 2.05) is 56.3 Å². The second kappa shape index (κ2) is 10.4. The zero-order valence-electron chi connectivity index (χ0n) is 16.9. The van der Waals surface area contributed by atoms with Gasteiger partial charge in [-0.05, 0) is 66.3 Å². The van der Waals surface area contributed by atoms with Gasteiger partial charge < -0.3 is 14.4 Å². The molecule has 1 atom stereocenters. The number of ether oxygens (including phenoxy) is 2. The van der Waals surface area contributed by atoms with Gasteiger partial charge >= 0.3 is 0 Å². The predicted octanol–water partition coefficient (Wildman–Crippen LogP) is 3.59. The lowest BCUT2D eigenvalue weighted by Gasteiger charge is -2.16. The Morgan fingerprint density at radius 3 is 2.67 bits per heavy atom. The van der Waals surface area contributed by atoms with Crippen LogP contribution in [0.1, 0.15) is 25.8 Å². The highest BCUT2D eigenvalue weighted by atomic mass is 127. The van der Waals surface area contributed by atoms with Crippen LogP contribution in [0.4, 0.5) is 5.69 Å². The van der Waals surface area contributed by atoms with Crippen LogP contribution < -0.4 is 19.8 Å². The first kappa shape index (κ1) is 22.1. The van der Waals surface area contributed by atoms with Gasteiger partial charge in [-0.15, -0.1) is 0 Å². The molecule has 1 heterocycles. The third kappa shape index (κ3) is 5.29. The Morgan fingerprint density at radius 1 is 1.23 bits per heavy atom. The molecular weight excluding hydrogens is 497 g/mol. The number of nitrogens with one attached hydrogen (secondary N) is 1. The van der Waals surface area contributed by atoms with Gasteiger partial charge in [0.1, 0.15) is 0 Å². The maximum absolute atomic E-state index is 12.5. The molecule has 3 rings (SSSR count). The molecule has 0 aliphatic carbocycles. The minimum absolute atomic E-state index is 0.0623. The van der Waals surface area contributed by atoms with Crippen molar-refractivity contribution in [2.75, 3.05) is 24.7 Å². The predicted molar refractivity (Wildman–Crippen MR) is 124 cm³/mol. The zero-order chi connectivity index (χ0) is 21.5. The first-order valence-electron chi connectivity index (χ1n) is 9.81. The molecule has 1 aliphatic rings. The van der Waals surface area contributed by atoms with Crippen molar-refractivity contribution in [2.24, 2.45) is 11.0 Å². The standard InChI is InChI=1S/C22H24IN3O4/c1-3-29-19-11-15(10-18(23)21(19)30-4-2)13-24-25-22(28)16-12-20(27)26(14-16)17-8-6-5-7-9-17/h5-11,13,16H,3-4,12,14H2,1-2H3,(H,25,28)/b24-13-/t16-/m0/s1. The topological polar surface area (TPSA) is 80.2 Å². The van der Waals surface area contributed by atoms with E-state index in [9.17, 15) is 9.59 Å². The van der Waals surface area contributed by atoms with Gasteiger partial charge in [-0.3, -0.25) is 9.59 Å². The van der Waals surface area contributed by atoms with Crippen LogP contribution in [0.5, 0.6) is 11.5 Å². The van der Waals surface area contributed by atoms with Crippen molar-refractivity contribution in [3.05, 3.63) is 51.6 Å². The fraction of sp³-hybridized carbons (Fsp3) is 0.318. The number of benzene rings is 2. The van der Waals surface area contributed by atoms with Crippen LogP contribution in [0, 0.1) is 9.49 Å². The summed E-state index contributed by atoms with van der Waals surface area (Å²) in [6.07, 6.45) is 1.73. The molecule has 0 aromatic heterocycles. The molecule has 1 aliphatic heterocycles. The Hall–Kier alpha value is -2.62. The molecule has 2 aromatic rings. The summed E-state index contributed by atoms with van der Waals surface area (Å²) < 4.78 is 12.2. The van der Waals surface area contributed by atoms with Gasteiger partial charge in [0.25, 0.3) is 0 Å². The summed E-state index contributed by atoms with van der Waals surface area (Å²) in [6, 6.07) is 13.1.